The highest BCUT2D eigenvalue weighted by Gasteiger charge is 2.13. The quantitative estimate of drug-likeness (QED) is 0.754. The summed E-state index contributed by atoms with van der Waals surface area (Å²) in [4.78, 5) is 12.1. The fourth-order valence-electron chi connectivity index (χ4n) is 2.72. The van der Waals surface area contributed by atoms with Gasteiger partial charge >= 0.3 is 0 Å². The molecule has 0 saturated heterocycles. The Labute approximate surface area is 135 Å². The number of carbonyl (C=O) groups excluding carboxylic acids is 1. The first-order valence-corrected chi connectivity index (χ1v) is 7.79. The maximum absolute atomic E-state index is 12.1. The number of hydrogen-bond acceptors (Lipinski definition) is 2. The van der Waals surface area contributed by atoms with Crippen molar-refractivity contribution in [1.82, 2.24) is 4.57 Å². The van der Waals surface area contributed by atoms with Crippen molar-refractivity contribution in [3.63, 3.8) is 0 Å². The summed E-state index contributed by atoms with van der Waals surface area (Å²) in [6, 6.07) is 17.1. The van der Waals surface area contributed by atoms with Crippen LogP contribution in [0.25, 0.3) is 10.9 Å². The molecule has 0 aliphatic rings. The van der Waals surface area contributed by atoms with E-state index in [1.165, 1.54) is 0 Å². The Morgan fingerprint density at radius 1 is 1.17 bits per heavy atom. The number of hydrogen-bond donors (Lipinski definition) is 2. The van der Waals surface area contributed by atoms with E-state index in [1.807, 2.05) is 54.7 Å². The summed E-state index contributed by atoms with van der Waals surface area (Å²) in [5.74, 6) is -0.199. The van der Waals surface area contributed by atoms with Crippen LogP contribution in [0.5, 0.6) is 0 Å². The summed E-state index contributed by atoms with van der Waals surface area (Å²) in [6.45, 7) is 2.97. The minimum absolute atomic E-state index is 0.0385. The predicted molar refractivity (Wildman–Crippen MR) is 92.3 cm³/mol. The number of aliphatic hydroxyl groups is 1. The summed E-state index contributed by atoms with van der Waals surface area (Å²) in [5, 5.41) is 14.1. The molecule has 0 aliphatic carbocycles. The van der Waals surface area contributed by atoms with E-state index in [4.69, 9.17) is 0 Å². The molecule has 2 aromatic carbocycles. The Hall–Kier alpha value is -2.59. The molecule has 1 amide bonds. The van der Waals surface area contributed by atoms with Crippen molar-refractivity contribution in [3.05, 3.63) is 66.4 Å². The van der Waals surface area contributed by atoms with E-state index < -0.39 is 6.10 Å². The number of anilines is 1. The van der Waals surface area contributed by atoms with Gasteiger partial charge in [-0.25, -0.2) is 0 Å². The second-order valence-electron chi connectivity index (χ2n) is 5.55. The average molecular weight is 308 g/mol. The van der Waals surface area contributed by atoms with Crippen LogP contribution in [0.1, 0.15) is 25.0 Å². The largest absolute Gasteiger partial charge is 0.388 e. The third-order valence-corrected chi connectivity index (χ3v) is 3.96. The van der Waals surface area contributed by atoms with Gasteiger partial charge in [0, 0.05) is 18.4 Å². The van der Waals surface area contributed by atoms with Gasteiger partial charge < -0.3 is 15.0 Å². The van der Waals surface area contributed by atoms with Crippen molar-refractivity contribution in [2.75, 3.05) is 5.32 Å². The molecule has 0 fully saturated rings. The molecule has 1 atom stereocenters. The second-order valence-corrected chi connectivity index (χ2v) is 5.55. The first kappa shape index (κ1) is 15.3. The monoisotopic (exact) mass is 308 g/mol. The fourth-order valence-corrected chi connectivity index (χ4v) is 2.72. The number of nitrogens with zero attached hydrogens (tertiary/aromatic N) is 1. The van der Waals surface area contributed by atoms with E-state index in [0.717, 1.165) is 28.7 Å². The zero-order chi connectivity index (χ0) is 16.2. The highest BCUT2D eigenvalue weighted by atomic mass is 16.3. The Morgan fingerprint density at radius 3 is 2.70 bits per heavy atom. The molecule has 0 spiro atoms. The fraction of sp³-hybridized carbons (Fsp3) is 0.211. The van der Waals surface area contributed by atoms with Crippen molar-refractivity contribution >= 4 is 22.5 Å². The third-order valence-electron chi connectivity index (χ3n) is 3.96. The van der Waals surface area contributed by atoms with Crippen LogP contribution in [0.4, 0.5) is 5.69 Å². The van der Waals surface area contributed by atoms with Crippen LogP contribution in [0.3, 0.4) is 0 Å². The molecule has 1 unspecified atom stereocenters. The Balaban J connectivity index is 1.70. The molecule has 3 rings (SSSR count). The van der Waals surface area contributed by atoms with Crippen LogP contribution in [0.15, 0.2) is 60.8 Å². The number of carbonyl (C=O) groups is 1. The molecule has 118 valence electrons. The smallest absolute Gasteiger partial charge is 0.227 e. The third kappa shape index (κ3) is 3.43. The Kier molecular flexibility index (Phi) is 4.44. The lowest BCUT2D eigenvalue weighted by atomic mass is 10.1. The lowest BCUT2D eigenvalue weighted by molar-refractivity contribution is -0.118. The van der Waals surface area contributed by atoms with Gasteiger partial charge in [-0.2, -0.15) is 0 Å². The topological polar surface area (TPSA) is 54.3 Å². The average Bonchev–Trinajstić information content (AvgIpc) is 2.97. The highest BCUT2D eigenvalue weighted by molar-refractivity contribution is 5.94. The van der Waals surface area contributed by atoms with Gasteiger partial charge in [0.1, 0.15) is 0 Å². The molecule has 0 aliphatic heterocycles. The number of aromatic nitrogens is 1. The number of aliphatic hydroxyl groups excluding tert-OH is 1. The van der Waals surface area contributed by atoms with E-state index >= 15 is 0 Å². The van der Waals surface area contributed by atoms with Crippen molar-refractivity contribution in [2.24, 2.45) is 0 Å². The number of benzene rings is 2. The molecule has 2 N–H and O–H groups in total. The Bertz CT molecular complexity index is 809. The van der Waals surface area contributed by atoms with E-state index in [9.17, 15) is 9.90 Å². The molecular weight excluding hydrogens is 288 g/mol. The molecule has 23 heavy (non-hydrogen) atoms. The van der Waals surface area contributed by atoms with E-state index in [0.29, 0.717) is 0 Å². The van der Waals surface area contributed by atoms with Gasteiger partial charge in [-0.3, -0.25) is 4.79 Å². The first-order valence-electron chi connectivity index (χ1n) is 7.79. The Morgan fingerprint density at radius 2 is 1.96 bits per heavy atom. The van der Waals surface area contributed by atoms with Gasteiger partial charge in [0.25, 0.3) is 0 Å². The van der Waals surface area contributed by atoms with Crippen molar-refractivity contribution < 1.29 is 9.90 Å². The number of rotatable bonds is 5. The van der Waals surface area contributed by atoms with Gasteiger partial charge in [0.15, 0.2) is 0 Å². The van der Waals surface area contributed by atoms with Crippen molar-refractivity contribution in [3.8, 4) is 0 Å². The molecule has 0 saturated carbocycles. The minimum atomic E-state index is -0.792. The second kappa shape index (κ2) is 6.67. The maximum atomic E-state index is 12.1. The lowest BCUT2D eigenvalue weighted by Gasteiger charge is -2.11. The molecule has 0 radical (unpaired) electrons. The number of amides is 1. The van der Waals surface area contributed by atoms with E-state index in [1.54, 1.807) is 0 Å². The van der Waals surface area contributed by atoms with Crippen LogP contribution in [0.2, 0.25) is 0 Å². The summed E-state index contributed by atoms with van der Waals surface area (Å²) < 4.78 is 2.13. The number of aryl methyl sites for hydroxylation is 1. The van der Waals surface area contributed by atoms with Gasteiger partial charge in [-0.05, 0) is 36.1 Å². The van der Waals surface area contributed by atoms with Crippen molar-refractivity contribution in [1.29, 1.82) is 0 Å². The number of nitrogens with one attached hydrogen (secondary N) is 1. The SMILES string of the molecule is CCn1ccc2ccc(NC(=O)CC(O)c3ccccc3)cc21. The van der Waals surface area contributed by atoms with E-state index in [-0.39, 0.29) is 12.3 Å². The summed E-state index contributed by atoms with van der Waals surface area (Å²) in [7, 11) is 0. The first-order chi connectivity index (χ1) is 11.2. The highest BCUT2D eigenvalue weighted by Crippen LogP contribution is 2.22. The standard InChI is InChI=1S/C19H20N2O2/c1-2-21-11-10-14-8-9-16(12-17(14)21)20-19(23)13-18(22)15-6-4-3-5-7-15/h3-12,18,22H,2,13H2,1H3,(H,20,23). The van der Waals surface area contributed by atoms with E-state index in [2.05, 4.69) is 22.9 Å². The van der Waals surface area contributed by atoms with Crippen LogP contribution in [0, 0.1) is 0 Å². The normalized spacial score (nSPS) is 12.3. The molecular formula is C19H20N2O2. The van der Waals surface area contributed by atoms with Gasteiger partial charge in [-0.1, -0.05) is 36.4 Å². The minimum Gasteiger partial charge on any atom is -0.388 e. The molecule has 3 aromatic rings. The summed E-state index contributed by atoms with van der Waals surface area (Å²) >= 11 is 0. The van der Waals surface area contributed by atoms with Crippen molar-refractivity contribution in [2.45, 2.75) is 26.0 Å². The van der Waals surface area contributed by atoms with Gasteiger partial charge in [0.2, 0.25) is 5.91 Å². The van der Waals surface area contributed by atoms with Gasteiger partial charge in [-0.15, -0.1) is 0 Å². The molecule has 4 heteroatoms. The zero-order valence-electron chi connectivity index (χ0n) is 13.1. The van der Waals surface area contributed by atoms with Crippen LogP contribution in [-0.4, -0.2) is 15.6 Å². The maximum Gasteiger partial charge on any atom is 0.227 e. The van der Waals surface area contributed by atoms with Crippen LogP contribution in [-0.2, 0) is 11.3 Å². The zero-order valence-corrected chi connectivity index (χ0v) is 13.1. The predicted octanol–water partition coefficient (Wildman–Crippen LogP) is 3.72. The summed E-state index contributed by atoms with van der Waals surface area (Å²) in [6.07, 6.45) is 1.28. The molecule has 0 bridgehead atoms. The van der Waals surface area contributed by atoms with Crippen LogP contribution >= 0.6 is 0 Å². The summed E-state index contributed by atoms with van der Waals surface area (Å²) in [5.41, 5.74) is 2.59. The lowest BCUT2D eigenvalue weighted by Crippen LogP contribution is -2.15. The van der Waals surface area contributed by atoms with Gasteiger partial charge in [0.05, 0.1) is 18.0 Å². The molecule has 1 aromatic heterocycles. The molecule has 1 heterocycles. The molecule has 4 nitrogen and oxygen atoms in total. The van der Waals surface area contributed by atoms with Crippen LogP contribution < -0.4 is 5.32 Å². The number of fused-ring (bicyclic) bond motifs is 1.